The fourth-order valence-electron chi connectivity index (χ4n) is 3.64. The second-order valence-corrected chi connectivity index (χ2v) is 7.82. The highest BCUT2D eigenvalue weighted by atomic mass is 19.1. The number of nitrogens with zero attached hydrogens (tertiary/aromatic N) is 5. The quantitative estimate of drug-likeness (QED) is 0.437. The molecule has 0 saturated carbocycles. The number of amides is 1. The minimum atomic E-state index is -0.656. The molecule has 1 aliphatic rings. The number of hydrogen-bond acceptors (Lipinski definition) is 6. The molecule has 0 fully saturated rings. The van der Waals surface area contributed by atoms with Gasteiger partial charge in [-0.3, -0.25) is 20.1 Å². The van der Waals surface area contributed by atoms with E-state index < -0.39 is 10.7 Å². The van der Waals surface area contributed by atoms with Crippen LogP contribution in [0.1, 0.15) is 31.7 Å². The van der Waals surface area contributed by atoms with Crippen molar-refractivity contribution in [1.29, 1.82) is 0 Å². The molecule has 1 aromatic carbocycles. The molecule has 3 heterocycles. The molecule has 0 unspecified atom stereocenters. The number of hydrogen-bond donors (Lipinski definition) is 0. The average Bonchev–Trinajstić information content (AvgIpc) is 3.17. The van der Waals surface area contributed by atoms with E-state index in [2.05, 4.69) is 9.97 Å². The van der Waals surface area contributed by atoms with Gasteiger partial charge in [0.05, 0.1) is 52.9 Å². The monoisotopic (exact) mass is 439 g/mol. The van der Waals surface area contributed by atoms with E-state index in [9.17, 15) is 19.3 Å². The normalized spacial score (nSPS) is 14.0. The maximum atomic E-state index is 14.5. The number of non-ortho nitro benzene ring substituents is 1. The van der Waals surface area contributed by atoms with Crippen LogP contribution < -0.4 is 0 Å². The Morgan fingerprint density at radius 3 is 2.75 bits per heavy atom. The van der Waals surface area contributed by atoms with Gasteiger partial charge < -0.3 is 14.2 Å². The van der Waals surface area contributed by atoms with Gasteiger partial charge in [-0.25, -0.2) is 9.18 Å². The van der Waals surface area contributed by atoms with Gasteiger partial charge in [-0.15, -0.1) is 0 Å². The van der Waals surface area contributed by atoms with E-state index in [1.54, 1.807) is 34.1 Å². The first kappa shape index (κ1) is 21.4. The molecule has 0 aliphatic carbocycles. The van der Waals surface area contributed by atoms with E-state index in [1.807, 2.05) is 19.9 Å². The third-order valence-electron chi connectivity index (χ3n) is 5.18. The number of benzene rings is 1. The van der Waals surface area contributed by atoms with Gasteiger partial charge in [-0.05, 0) is 31.9 Å². The van der Waals surface area contributed by atoms with Gasteiger partial charge in [0.2, 0.25) is 0 Å². The van der Waals surface area contributed by atoms with Crippen LogP contribution in [0.15, 0.2) is 42.9 Å². The van der Waals surface area contributed by atoms with Crippen LogP contribution in [0.4, 0.5) is 14.9 Å². The first-order valence-corrected chi connectivity index (χ1v) is 10.2. The highest BCUT2D eigenvalue weighted by Gasteiger charge is 2.21. The first-order chi connectivity index (χ1) is 15.3. The van der Waals surface area contributed by atoms with Crippen LogP contribution in [-0.2, 0) is 11.3 Å². The summed E-state index contributed by atoms with van der Waals surface area (Å²) in [6, 6.07) is 3.90. The van der Waals surface area contributed by atoms with Gasteiger partial charge in [-0.1, -0.05) is 6.08 Å². The van der Waals surface area contributed by atoms with E-state index in [4.69, 9.17) is 4.74 Å². The van der Waals surface area contributed by atoms with Crippen LogP contribution in [0.3, 0.4) is 0 Å². The van der Waals surface area contributed by atoms with Gasteiger partial charge in [0.15, 0.2) is 5.82 Å². The molecule has 3 aromatic rings. The van der Waals surface area contributed by atoms with E-state index in [-0.39, 0.29) is 29.9 Å². The predicted octanol–water partition coefficient (Wildman–Crippen LogP) is 4.16. The third kappa shape index (κ3) is 4.43. The van der Waals surface area contributed by atoms with Gasteiger partial charge in [-0.2, -0.15) is 0 Å². The SMILES string of the molecule is CC(C)OC(=O)N1CC=C(c2cnc(Cn3ccc4cc([N+](=O)[O-])cc(F)c43)cn2)CC1. The molecule has 1 amide bonds. The maximum absolute atomic E-state index is 14.5. The largest absolute Gasteiger partial charge is 0.447 e. The lowest BCUT2D eigenvalue weighted by molar-refractivity contribution is -0.384. The summed E-state index contributed by atoms with van der Waals surface area (Å²) in [6.45, 7) is 4.90. The fraction of sp³-hybridized carbons (Fsp3) is 0.318. The van der Waals surface area contributed by atoms with E-state index in [0.29, 0.717) is 30.6 Å². The molecule has 2 aromatic heterocycles. The van der Waals surface area contributed by atoms with Gasteiger partial charge in [0.25, 0.3) is 5.69 Å². The fourth-order valence-corrected chi connectivity index (χ4v) is 3.64. The zero-order valence-electron chi connectivity index (χ0n) is 17.7. The number of carbonyl (C=O) groups excluding carboxylic acids is 1. The second kappa shape index (κ2) is 8.74. The lowest BCUT2D eigenvalue weighted by Crippen LogP contribution is -2.36. The zero-order valence-corrected chi connectivity index (χ0v) is 17.7. The summed E-state index contributed by atoms with van der Waals surface area (Å²) in [6.07, 6.45) is 7.06. The lowest BCUT2D eigenvalue weighted by atomic mass is 10.1. The number of ether oxygens (including phenoxy) is 1. The van der Waals surface area contributed by atoms with Gasteiger partial charge in [0.1, 0.15) is 0 Å². The van der Waals surface area contributed by atoms with Crippen molar-refractivity contribution in [3.8, 4) is 0 Å². The lowest BCUT2D eigenvalue weighted by Gasteiger charge is -2.26. The van der Waals surface area contributed by atoms with Crippen LogP contribution in [0.2, 0.25) is 0 Å². The average molecular weight is 439 g/mol. The Morgan fingerprint density at radius 2 is 2.12 bits per heavy atom. The Bertz CT molecular complexity index is 1200. The van der Waals surface area contributed by atoms with E-state index >= 15 is 0 Å². The molecular weight excluding hydrogens is 417 g/mol. The molecule has 9 nitrogen and oxygen atoms in total. The number of nitro groups is 1. The number of aromatic nitrogens is 3. The summed E-state index contributed by atoms with van der Waals surface area (Å²) in [4.78, 5) is 32.9. The van der Waals surface area contributed by atoms with Crippen LogP contribution >= 0.6 is 0 Å². The second-order valence-electron chi connectivity index (χ2n) is 7.82. The number of carbonyl (C=O) groups is 1. The minimum absolute atomic E-state index is 0.160. The Labute approximate surface area is 183 Å². The number of halogens is 1. The molecule has 32 heavy (non-hydrogen) atoms. The molecule has 0 atom stereocenters. The van der Waals surface area contributed by atoms with Crippen LogP contribution in [0, 0.1) is 15.9 Å². The first-order valence-electron chi connectivity index (χ1n) is 10.2. The Morgan fingerprint density at radius 1 is 1.31 bits per heavy atom. The zero-order chi connectivity index (χ0) is 22.8. The summed E-state index contributed by atoms with van der Waals surface area (Å²) in [7, 11) is 0. The van der Waals surface area contributed by atoms with E-state index in [1.165, 1.54) is 6.07 Å². The van der Waals surface area contributed by atoms with Crippen molar-refractivity contribution in [3.05, 3.63) is 70.2 Å². The summed E-state index contributed by atoms with van der Waals surface area (Å²) in [5.41, 5.74) is 2.35. The summed E-state index contributed by atoms with van der Waals surface area (Å²) < 4.78 is 21.3. The highest BCUT2D eigenvalue weighted by molar-refractivity contribution is 5.83. The van der Waals surface area contributed by atoms with Crippen molar-refractivity contribution >= 4 is 28.3 Å². The summed E-state index contributed by atoms with van der Waals surface area (Å²) in [5.74, 6) is -0.656. The minimum Gasteiger partial charge on any atom is -0.447 e. The van der Waals surface area contributed by atoms with Gasteiger partial charge in [0, 0.05) is 30.7 Å². The molecule has 10 heteroatoms. The van der Waals surface area contributed by atoms with Crippen molar-refractivity contribution < 1.29 is 18.8 Å². The Hall–Kier alpha value is -3.82. The molecule has 0 spiro atoms. The molecule has 4 rings (SSSR count). The van der Waals surface area contributed by atoms with Gasteiger partial charge >= 0.3 is 6.09 Å². The summed E-state index contributed by atoms with van der Waals surface area (Å²) >= 11 is 0. The summed E-state index contributed by atoms with van der Waals surface area (Å²) in [5, 5.41) is 11.4. The van der Waals surface area contributed by atoms with Crippen molar-refractivity contribution in [2.24, 2.45) is 0 Å². The van der Waals surface area contributed by atoms with Crippen molar-refractivity contribution in [1.82, 2.24) is 19.4 Å². The molecule has 1 aliphatic heterocycles. The standard InChI is InChI=1S/C22H22FN5O4/c1-14(2)32-22(29)26-6-3-15(4-7-26)20-12-24-17(11-25-20)13-27-8-5-16-9-18(28(30)31)10-19(23)21(16)27/h3,5,8-12,14H,4,6-7,13H2,1-2H3. The predicted molar refractivity (Wildman–Crippen MR) is 115 cm³/mol. The number of fused-ring (bicyclic) bond motifs is 1. The van der Waals surface area contributed by atoms with Crippen molar-refractivity contribution in [2.45, 2.75) is 32.9 Å². The molecular formula is C22H22FN5O4. The van der Waals surface area contributed by atoms with Crippen molar-refractivity contribution in [2.75, 3.05) is 13.1 Å². The molecule has 0 radical (unpaired) electrons. The highest BCUT2D eigenvalue weighted by Crippen LogP contribution is 2.26. The Kier molecular flexibility index (Phi) is 5.85. The van der Waals surface area contributed by atoms with Crippen LogP contribution in [0.5, 0.6) is 0 Å². The third-order valence-corrected chi connectivity index (χ3v) is 5.18. The van der Waals surface area contributed by atoms with Crippen molar-refractivity contribution in [3.63, 3.8) is 0 Å². The molecule has 0 saturated heterocycles. The van der Waals surface area contributed by atoms with Crippen LogP contribution in [0.25, 0.3) is 16.5 Å². The maximum Gasteiger partial charge on any atom is 0.410 e. The molecule has 0 bridgehead atoms. The van der Waals surface area contributed by atoms with Crippen LogP contribution in [-0.4, -0.2) is 49.6 Å². The number of rotatable bonds is 5. The Balaban J connectivity index is 1.47. The molecule has 0 N–H and O–H groups in total. The smallest absolute Gasteiger partial charge is 0.410 e. The molecule has 166 valence electrons. The topological polar surface area (TPSA) is 103 Å². The van der Waals surface area contributed by atoms with E-state index in [0.717, 1.165) is 17.3 Å². The number of nitro benzene ring substituents is 1.